The largest absolute Gasteiger partial charge is 0.368 e. The molecule has 0 saturated carbocycles. The van der Waals surface area contributed by atoms with Gasteiger partial charge >= 0.3 is 0 Å². The second-order valence-corrected chi connectivity index (χ2v) is 4.24. The van der Waals surface area contributed by atoms with E-state index < -0.39 is 0 Å². The van der Waals surface area contributed by atoms with Crippen molar-refractivity contribution in [3.8, 4) is 0 Å². The van der Waals surface area contributed by atoms with Crippen molar-refractivity contribution in [2.75, 3.05) is 30.8 Å². The Labute approximate surface area is 96.7 Å². The summed E-state index contributed by atoms with van der Waals surface area (Å²) in [6.07, 6.45) is 0.723. The Morgan fingerprint density at radius 2 is 1.56 bits per heavy atom. The molecule has 0 radical (unpaired) electrons. The number of rotatable bonds is 0. The molecule has 1 aromatic rings. The van der Waals surface area contributed by atoms with Crippen molar-refractivity contribution >= 4 is 34.9 Å². The van der Waals surface area contributed by atoms with Crippen LogP contribution in [0.15, 0.2) is 0 Å². The first-order valence-corrected chi connectivity index (χ1v) is 5.19. The summed E-state index contributed by atoms with van der Waals surface area (Å²) in [6.45, 7) is 0.920. The molecule has 0 aliphatic carbocycles. The van der Waals surface area contributed by atoms with Crippen LogP contribution in [0, 0.1) is 0 Å². The molecule has 8 nitrogen and oxygen atoms in total. The summed E-state index contributed by atoms with van der Waals surface area (Å²) in [5.74, 6) is 0.125. The summed E-state index contributed by atoms with van der Waals surface area (Å²) >= 11 is 1.31. The van der Waals surface area contributed by atoms with E-state index in [0.717, 1.165) is 13.0 Å². The molecule has 1 fully saturated rings. The molecular weight excluding hydrogens is 230 g/mol. The molecule has 0 bridgehead atoms. The highest BCUT2D eigenvalue weighted by atomic mass is 32.2. The molecule has 0 aromatic carbocycles. The van der Waals surface area contributed by atoms with Gasteiger partial charge in [-0.05, 0) is 19.0 Å². The molecule has 0 unspecified atom stereocenters. The minimum absolute atomic E-state index is 0.0417. The summed E-state index contributed by atoms with van der Waals surface area (Å²) < 4.78 is 1.95. The zero-order chi connectivity index (χ0) is 12.1. The fraction of sp³-hybridized carbons (Fsp3) is 0.429. The van der Waals surface area contributed by atoms with Crippen LogP contribution in [-0.2, 0) is 4.79 Å². The van der Waals surface area contributed by atoms with Gasteiger partial charge in [-0.15, -0.1) is 0 Å². The van der Waals surface area contributed by atoms with Crippen LogP contribution in [0.25, 0.3) is 0 Å². The third kappa shape index (κ3) is 4.28. The summed E-state index contributed by atoms with van der Waals surface area (Å²) in [7, 11) is 1.93. The van der Waals surface area contributed by atoms with Crippen molar-refractivity contribution in [2.24, 2.45) is 0 Å². The standard InChI is InChI=1S/C4H7NOS.C3H6N6/c1-5-3-2-4(6)7-5;4-1-7-2(5)9-3(6)8-1/h2-3H2,1H3;(H6,4,5,6,7,8,9). The molecule has 1 saturated heterocycles. The lowest BCUT2D eigenvalue weighted by atomic mass is 10.5. The highest BCUT2D eigenvalue weighted by molar-refractivity contribution is 8.11. The molecule has 1 aliphatic heterocycles. The Kier molecular flexibility index (Phi) is 4.26. The topological polar surface area (TPSA) is 137 Å². The number of aromatic nitrogens is 3. The first-order valence-electron chi connectivity index (χ1n) is 4.42. The molecule has 1 aliphatic rings. The van der Waals surface area contributed by atoms with Crippen molar-refractivity contribution in [3.63, 3.8) is 0 Å². The zero-order valence-electron chi connectivity index (χ0n) is 8.75. The van der Waals surface area contributed by atoms with Gasteiger partial charge in [-0.2, -0.15) is 15.0 Å². The summed E-state index contributed by atoms with van der Waals surface area (Å²) in [5.41, 5.74) is 15.4. The normalized spacial score (nSPS) is 15.7. The Bertz CT molecular complexity index is 335. The molecule has 1 aromatic heterocycles. The van der Waals surface area contributed by atoms with Gasteiger partial charge in [-0.1, -0.05) is 0 Å². The van der Waals surface area contributed by atoms with Crippen LogP contribution in [0.1, 0.15) is 6.42 Å². The van der Waals surface area contributed by atoms with E-state index in [9.17, 15) is 4.79 Å². The molecular formula is C7H13N7OS. The van der Waals surface area contributed by atoms with E-state index in [-0.39, 0.29) is 17.8 Å². The minimum Gasteiger partial charge on any atom is -0.368 e. The number of nitrogens with zero attached hydrogens (tertiary/aromatic N) is 4. The maximum absolute atomic E-state index is 10.4. The van der Waals surface area contributed by atoms with Crippen LogP contribution in [0.4, 0.5) is 17.8 Å². The van der Waals surface area contributed by atoms with E-state index in [1.165, 1.54) is 11.9 Å². The summed E-state index contributed by atoms with van der Waals surface area (Å²) in [4.78, 5) is 20.8. The minimum atomic E-state index is 0.0417. The predicted octanol–water partition coefficient (Wildman–Crippen LogP) is -0.885. The van der Waals surface area contributed by atoms with Gasteiger partial charge in [0.15, 0.2) is 0 Å². The van der Waals surface area contributed by atoms with E-state index in [2.05, 4.69) is 15.0 Å². The number of nitrogens with two attached hydrogens (primary N) is 3. The van der Waals surface area contributed by atoms with Crippen molar-refractivity contribution < 1.29 is 4.79 Å². The number of nitrogen functional groups attached to an aromatic ring is 3. The Morgan fingerprint density at radius 3 is 1.75 bits per heavy atom. The molecule has 88 valence electrons. The van der Waals surface area contributed by atoms with E-state index in [0.29, 0.717) is 5.12 Å². The smallest absolute Gasteiger partial charge is 0.226 e. The zero-order valence-corrected chi connectivity index (χ0v) is 9.57. The van der Waals surface area contributed by atoms with Crippen LogP contribution in [-0.4, -0.2) is 38.0 Å². The van der Waals surface area contributed by atoms with Gasteiger partial charge in [-0.3, -0.25) is 4.79 Å². The monoisotopic (exact) mass is 243 g/mol. The van der Waals surface area contributed by atoms with Crippen LogP contribution >= 0.6 is 11.9 Å². The predicted molar refractivity (Wildman–Crippen MR) is 62.9 cm³/mol. The van der Waals surface area contributed by atoms with Gasteiger partial charge in [0.2, 0.25) is 23.0 Å². The van der Waals surface area contributed by atoms with E-state index in [1.54, 1.807) is 0 Å². The summed E-state index contributed by atoms with van der Waals surface area (Å²) in [5, 5.41) is 0.294. The van der Waals surface area contributed by atoms with Crippen LogP contribution in [0.3, 0.4) is 0 Å². The molecule has 0 spiro atoms. The van der Waals surface area contributed by atoms with E-state index in [1.807, 2.05) is 11.4 Å². The lowest BCUT2D eigenvalue weighted by Crippen LogP contribution is -2.05. The summed E-state index contributed by atoms with van der Waals surface area (Å²) in [6, 6.07) is 0. The lowest BCUT2D eigenvalue weighted by molar-refractivity contribution is -0.110. The van der Waals surface area contributed by atoms with Crippen LogP contribution in [0.5, 0.6) is 0 Å². The van der Waals surface area contributed by atoms with Gasteiger partial charge in [0, 0.05) is 13.0 Å². The molecule has 2 heterocycles. The number of anilines is 3. The molecule has 9 heteroatoms. The van der Waals surface area contributed by atoms with E-state index >= 15 is 0 Å². The number of hydrogen-bond acceptors (Lipinski definition) is 9. The molecule has 0 atom stereocenters. The van der Waals surface area contributed by atoms with Gasteiger partial charge in [0.1, 0.15) is 0 Å². The van der Waals surface area contributed by atoms with Crippen LogP contribution < -0.4 is 17.2 Å². The van der Waals surface area contributed by atoms with E-state index in [4.69, 9.17) is 17.2 Å². The fourth-order valence-electron chi connectivity index (χ4n) is 0.941. The van der Waals surface area contributed by atoms with Gasteiger partial charge < -0.3 is 17.2 Å². The SMILES string of the molecule is CN1CCC(=O)S1.Nc1nc(N)nc(N)n1. The first-order chi connectivity index (χ1) is 7.47. The highest BCUT2D eigenvalue weighted by Crippen LogP contribution is 2.17. The third-order valence-electron chi connectivity index (χ3n) is 1.58. The lowest BCUT2D eigenvalue weighted by Gasteiger charge is -1.97. The van der Waals surface area contributed by atoms with Gasteiger partial charge in [0.05, 0.1) is 0 Å². The average Bonchev–Trinajstić information content (AvgIpc) is 2.48. The fourth-order valence-corrected chi connectivity index (χ4v) is 1.65. The maximum Gasteiger partial charge on any atom is 0.226 e. The Hall–Kier alpha value is -1.61. The van der Waals surface area contributed by atoms with Crippen molar-refractivity contribution in [1.29, 1.82) is 0 Å². The average molecular weight is 243 g/mol. The Balaban J connectivity index is 0.000000165. The van der Waals surface area contributed by atoms with Crippen molar-refractivity contribution in [2.45, 2.75) is 6.42 Å². The molecule has 16 heavy (non-hydrogen) atoms. The Morgan fingerprint density at radius 1 is 1.12 bits per heavy atom. The number of carbonyl (C=O) groups excluding carboxylic acids is 1. The second kappa shape index (κ2) is 5.47. The maximum atomic E-state index is 10.4. The number of carbonyl (C=O) groups is 1. The van der Waals surface area contributed by atoms with Crippen molar-refractivity contribution in [3.05, 3.63) is 0 Å². The first kappa shape index (κ1) is 12.5. The van der Waals surface area contributed by atoms with Gasteiger partial charge in [0.25, 0.3) is 0 Å². The second-order valence-electron chi connectivity index (χ2n) is 2.97. The third-order valence-corrected chi connectivity index (χ3v) is 2.48. The highest BCUT2D eigenvalue weighted by Gasteiger charge is 2.15. The quantitative estimate of drug-likeness (QED) is 0.495. The number of hydrogen-bond donors (Lipinski definition) is 3. The molecule has 2 rings (SSSR count). The molecule has 0 amide bonds. The van der Waals surface area contributed by atoms with Crippen molar-refractivity contribution in [1.82, 2.24) is 19.3 Å². The van der Waals surface area contributed by atoms with Gasteiger partial charge in [-0.25, -0.2) is 4.31 Å². The molecule has 6 N–H and O–H groups in total. The van der Waals surface area contributed by atoms with Crippen LogP contribution in [0.2, 0.25) is 0 Å².